The molecule has 1 aliphatic heterocycles. The van der Waals surface area contributed by atoms with E-state index in [4.69, 9.17) is 9.26 Å². The lowest BCUT2D eigenvalue weighted by molar-refractivity contribution is 0.180. The molecule has 0 spiro atoms. The smallest absolute Gasteiger partial charge is 0.240 e. The van der Waals surface area contributed by atoms with Crippen LogP contribution in [0.1, 0.15) is 36.0 Å². The van der Waals surface area contributed by atoms with Crippen LogP contribution < -0.4 is 0 Å². The summed E-state index contributed by atoms with van der Waals surface area (Å²) < 4.78 is 10.3. The third-order valence-corrected chi connectivity index (χ3v) is 4.26. The molecule has 0 atom stereocenters. The monoisotopic (exact) mass is 301 g/mol. The SMILES string of the molecule is COCCc1noc(CN2CCC(c3ccccc3)CC2)n1. The van der Waals surface area contributed by atoms with Crippen LogP contribution in [0.25, 0.3) is 0 Å². The van der Waals surface area contributed by atoms with Crippen molar-refractivity contribution in [2.24, 2.45) is 0 Å². The van der Waals surface area contributed by atoms with Gasteiger partial charge in [-0.1, -0.05) is 35.5 Å². The molecule has 5 heteroatoms. The highest BCUT2D eigenvalue weighted by atomic mass is 16.5. The number of benzene rings is 1. The number of likely N-dealkylation sites (tertiary alicyclic amines) is 1. The number of methoxy groups -OCH3 is 1. The predicted molar refractivity (Wildman–Crippen MR) is 83.6 cm³/mol. The molecule has 2 aromatic rings. The number of hydrogen-bond acceptors (Lipinski definition) is 5. The maximum absolute atomic E-state index is 5.32. The van der Waals surface area contributed by atoms with Crippen molar-refractivity contribution in [3.8, 4) is 0 Å². The molecule has 5 nitrogen and oxygen atoms in total. The Kier molecular flexibility index (Phi) is 5.19. The average Bonchev–Trinajstić information content (AvgIpc) is 3.02. The summed E-state index contributed by atoms with van der Waals surface area (Å²) in [6, 6.07) is 10.8. The van der Waals surface area contributed by atoms with E-state index < -0.39 is 0 Å². The van der Waals surface area contributed by atoms with Crippen LogP contribution >= 0.6 is 0 Å². The minimum absolute atomic E-state index is 0.626. The number of aromatic nitrogens is 2. The van der Waals surface area contributed by atoms with Gasteiger partial charge in [-0.2, -0.15) is 4.98 Å². The van der Waals surface area contributed by atoms with Crippen LogP contribution in [0.2, 0.25) is 0 Å². The normalized spacial score (nSPS) is 17.0. The van der Waals surface area contributed by atoms with Crippen LogP contribution in [-0.2, 0) is 17.7 Å². The first-order chi connectivity index (χ1) is 10.8. The van der Waals surface area contributed by atoms with Crippen LogP contribution in [0.15, 0.2) is 34.9 Å². The summed E-state index contributed by atoms with van der Waals surface area (Å²) in [7, 11) is 1.68. The zero-order valence-electron chi connectivity index (χ0n) is 13.1. The number of piperidine rings is 1. The van der Waals surface area contributed by atoms with Crippen molar-refractivity contribution in [3.63, 3.8) is 0 Å². The molecule has 22 heavy (non-hydrogen) atoms. The van der Waals surface area contributed by atoms with Crippen molar-refractivity contribution in [2.75, 3.05) is 26.8 Å². The second-order valence-corrected chi connectivity index (χ2v) is 5.81. The minimum atomic E-state index is 0.626. The molecule has 0 amide bonds. The molecule has 1 aromatic carbocycles. The molecule has 0 radical (unpaired) electrons. The van der Waals surface area contributed by atoms with Crippen LogP contribution in [0, 0.1) is 0 Å². The number of ether oxygens (including phenoxy) is 1. The Labute approximate surface area is 131 Å². The Morgan fingerprint density at radius 2 is 2.00 bits per heavy atom. The van der Waals surface area contributed by atoms with Gasteiger partial charge in [0, 0.05) is 13.5 Å². The van der Waals surface area contributed by atoms with E-state index in [1.807, 2.05) is 0 Å². The summed E-state index contributed by atoms with van der Waals surface area (Å²) in [4.78, 5) is 6.82. The second-order valence-electron chi connectivity index (χ2n) is 5.81. The highest BCUT2D eigenvalue weighted by molar-refractivity contribution is 5.20. The van der Waals surface area contributed by atoms with Crippen molar-refractivity contribution in [1.82, 2.24) is 15.0 Å². The van der Waals surface area contributed by atoms with Crippen LogP contribution in [0.3, 0.4) is 0 Å². The predicted octanol–water partition coefficient (Wildman–Crippen LogP) is 2.64. The summed E-state index contributed by atoms with van der Waals surface area (Å²) in [5.74, 6) is 2.12. The van der Waals surface area contributed by atoms with E-state index >= 15 is 0 Å². The van der Waals surface area contributed by atoms with Crippen LogP contribution in [0.4, 0.5) is 0 Å². The second kappa shape index (κ2) is 7.51. The van der Waals surface area contributed by atoms with E-state index in [-0.39, 0.29) is 0 Å². The molecule has 2 heterocycles. The molecular weight excluding hydrogens is 278 g/mol. The highest BCUT2D eigenvalue weighted by Gasteiger charge is 2.21. The fourth-order valence-corrected chi connectivity index (χ4v) is 2.99. The van der Waals surface area contributed by atoms with Crippen molar-refractivity contribution in [3.05, 3.63) is 47.6 Å². The Balaban J connectivity index is 1.48. The summed E-state index contributed by atoms with van der Waals surface area (Å²) in [6.45, 7) is 3.54. The molecule has 0 saturated carbocycles. The molecule has 1 fully saturated rings. The van der Waals surface area contributed by atoms with Crippen molar-refractivity contribution in [1.29, 1.82) is 0 Å². The van der Waals surface area contributed by atoms with Gasteiger partial charge in [0.1, 0.15) is 0 Å². The topological polar surface area (TPSA) is 51.4 Å². The summed E-state index contributed by atoms with van der Waals surface area (Å²) in [5.41, 5.74) is 1.46. The molecule has 1 aliphatic rings. The van der Waals surface area contributed by atoms with E-state index in [9.17, 15) is 0 Å². The zero-order valence-corrected chi connectivity index (χ0v) is 13.1. The summed E-state index contributed by atoms with van der Waals surface area (Å²) >= 11 is 0. The molecule has 1 saturated heterocycles. The number of nitrogens with zero attached hydrogens (tertiary/aromatic N) is 3. The maximum Gasteiger partial charge on any atom is 0.240 e. The largest absolute Gasteiger partial charge is 0.384 e. The first-order valence-corrected chi connectivity index (χ1v) is 7.93. The average molecular weight is 301 g/mol. The van der Waals surface area contributed by atoms with E-state index in [0.717, 1.165) is 25.5 Å². The van der Waals surface area contributed by atoms with E-state index in [1.165, 1.54) is 18.4 Å². The number of rotatable bonds is 6. The first kappa shape index (κ1) is 15.2. The van der Waals surface area contributed by atoms with Gasteiger partial charge in [-0.05, 0) is 37.4 Å². The van der Waals surface area contributed by atoms with Gasteiger partial charge in [-0.3, -0.25) is 4.90 Å². The molecule has 118 valence electrons. The maximum atomic E-state index is 5.32. The summed E-state index contributed by atoms with van der Waals surface area (Å²) in [5, 5.41) is 3.99. The van der Waals surface area contributed by atoms with E-state index in [2.05, 4.69) is 45.4 Å². The molecule has 0 aliphatic carbocycles. The van der Waals surface area contributed by atoms with Gasteiger partial charge in [0.2, 0.25) is 5.89 Å². The quantitative estimate of drug-likeness (QED) is 0.821. The molecule has 0 N–H and O–H groups in total. The molecule has 3 rings (SSSR count). The lowest BCUT2D eigenvalue weighted by atomic mass is 9.89. The van der Waals surface area contributed by atoms with Crippen molar-refractivity contribution in [2.45, 2.75) is 31.7 Å². The Bertz CT molecular complexity index is 562. The van der Waals surface area contributed by atoms with E-state index in [0.29, 0.717) is 24.8 Å². The van der Waals surface area contributed by atoms with Crippen molar-refractivity contribution >= 4 is 0 Å². The molecule has 0 unspecified atom stereocenters. The standard InChI is InChI=1S/C17H23N3O2/c1-21-12-9-16-18-17(22-19-16)13-20-10-7-15(8-11-20)14-5-3-2-4-6-14/h2-6,15H,7-13H2,1H3. The van der Waals surface area contributed by atoms with Gasteiger partial charge in [0.25, 0.3) is 0 Å². The van der Waals surface area contributed by atoms with Crippen LogP contribution in [-0.4, -0.2) is 41.8 Å². The molecule has 0 bridgehead atoms. The van der Waals surface area contributed by atoms with Gasteiger partial charge < -0.3 is 9.26 Å². The van der Waals surface area contributed by atoms with Gasteiger partial charge in [-0.15, -0.1) is 0 Å². The van der Waals surface area contributed by atoms with Gasteiger partial charge in [-0.25, -0.2) is 0 Å². The first-order valence-electron chi connectivity index (χ1n) is 7.93. The summed E-state index contributed by atoms with van der Waals surface area (Å²) in [6.07, 6.45) is 3.08. The number of hydrogen-bond donors (Lipinski definition) is 0. The third kappa shape index (κ3) is 3.93. The van der Waals surface area contributed by atoms with Gasteiger partial charge in [0.05, 0.1) is 13.2 Å². The third-order valence-electron chi connectivity index (χ3n) is 4.26. The van der Waals surface area contributed by atoms with E-state index in [1.54, 1.807) is 7.11 Å². The van der Waals surface area contributed by atoms with Gasteiger partial charge in [0.15, 0.2) is 5.82 Å². The Morgan fingerprint density at radius 1 is 1.23 bits per heavy atom. The lowest BCUT2D eigenvalue weighted by Crippen LogP contribution is -2.32. The highest BCUT2D eigenvalue weighted by Crippen LogP contribution is 2.28. The molecule has 1 aromatic heterocycles. The van der Waals surface area contributed by atoms with Gasteiger partial charge >= 0.3 is 0 Å². The van der Waals surface area contributed by atoms with Crippen molar-refractivity contribution < 1.29 is 9.26 Å². The Morgan fingerprint density at radius 3 is 2.73 bits per heavy atom. The lowest BCUT2D eigenvalue weighted by Gasteiger charge is -2.31. The minimum Gasteiger partial charge on any atom is -0.384 e. The fourth-order valence-electron chi connectivity index (χ4n) is 2.99. The fraction of sp³-hybridized carbons (Fsp3) is 0.529. The zero-order chi connectivity index (χ0) is 15.2. The Hall–Kier alpha value is -1.72. The molecular formula is C17H23N3O2. The van der Waals surface area contributed by atoms with Crippen LogP contribution in [0.5, 0.6) is 0 Å².